The van der Waals surface area contributed by atoms with E-state index in [1.165, 1.54) is 12.4 Å². The van der Waals surface area contributed by atoms with Crippen molar-refractivity contribution in [3.8, 4) is 11.5 Å². The predicted molar refractivity (Wildman–Crippen MR) is 236 cm³/mol. The first-order chi connectivity index (χ1) is 28.4. The van der Waals surface area contributed by atoms with Gasteiger partial charge in [0.2, 0.25) is 17.8 Å². The summed E-state index contributed by atoms with van der Waals surface area (Å²) in [6, 6.07) is 8.05. The summed E-state index contributed by atoms with van der Waals surface area (Å²) >= 11 is 1.69. The van der Waals surface area contributed by atoms with Crippen molar-refractivity contribution in [3.05, 3.63) is 89.0 Å². The van der Waals surface area contributed by atoms with Gasteiger partial charge in [-0.3, -0.25) is 29.1 Å². The molecule has 18 nitrogen and oxygen atoms in total. The van der Waals surface area contributed by atoms with Crippen LogP contribution in [0.25, 0.3) is 11.0 Å². The van der Waals surface area contributed by atoms with E-state index in [9.17, 15) is 14.4 Å². The number of anilines is 2. The number of benzene rings is 2. The zero-order chi connectivity index (χ0) is 42.9. The second kappa shape index (κ2) is 22.3. The number of nitrogens with one attached hydrogen (secondary N) is 2. The molecule has 0 aliphatic rings. The van der Waals surface area contributed by atoms with Crippen LogP contribution in [0.5, 0.6) is 11.5 Å². The SMILES string of the molecule is C=Nc1cc(C(N)=O)cc(OCCCSC)c1N(C/C=C/Cn1c(NC)nc2cc(C(N)=O)cc(OC/C=C/CN=C/C(N)=C\N)c21)CNC(=O)c1cc(C)nn1CC. The van der Waals surface area contributed by atoms with Crippen molar-refractivity contribution in [2.75, 3.05) is 62.2 Å². The Hall–Kier alpha value is -6.76. The normalized spacial score (nSPS) is 11.8. The number of imidazole rings is 1. The number of amides is 3. The molecule has 0 saturated carbocycles. The van der Waals surface area contributed by atoms with Gasteiger partial charge in [0.05, 0.1) is 42.4 Å². The molecule has 314 valence electrons. The van der Waals surface area contributed by atoms with Gasteiger partial charge in [0.25, 0.3) is 5.91 Å². The van der Waals surface area contributed by atoms with Crippen LogP contribution in [0.3, 0.4) is 0 Å². The summed E-state index contributed by atoms with van der Waals surface area (Å²) in [5.41, 5.74) is 26.3. The molecule has 0 atom stereocenters. The van der Waals surface area contributed by atoms with Crippen molar-refractivity contribution in [1.29, 1.82) is 0 Å². The largest absolute Gasteiger partial charge is 0.491 e. The van der Waals surface area contributed by atoms with Gasteiger partial charge >= 0.3 is 0 Å². The third-order valence-corrected chi connectivity index (χ3v) is 9.38. The number of aliphatic imine (C=N–C) groups is 2. The molecule has 19 heteroatoms. The van der Waals surface area contributed by atoms with Gasteiger partial charge in [-0.25, -0.2) is 4.98 Å². The molecule has 4 aromatic rings. The van der Waals surface area contributed by atoms with Gasteiger partial charge in [-0.05, 0) is 75.4 Å². The number of hydrogen-bond acceptors (Lipinski definition) is 14. The zero-order valence-corrected chi connectivity index (χ0v) is 34.6. The number of allylic oxidation sites excluding steroid dienone is 2. The molecule has 0 aliphatic heterocycles. The number of primary amides is 2. The minimum absolute atomic E-state index is 0.0241. The monoisotopic (exact) mass is 827 g/mol. The lowest BCUT2D eigenvalue weighted by molar-refractivity contribution is 0.0941. The summed E-state index contributed by atoms with van der Waals surface area (Å²) in [5.74, 6) is 0.543. The summed E-state index contributed by atoms with van der Waals surface area (Å²) in [5, 5.41) is 10.5. The maximum Gasteiger partial charge on any atom is 0.270 e. The predicted octanol–water partition coefficient (Wildman–Crippen LogP) is 3.48. The fourth-order valence-corrected chi connectivity index (χ4v) is 6.31. The Morgan fingerprint density at radius 2 is 1.76 bits per heavy atom. The molecule has 0 unspecified atom stereocenters. The summed E-state index contributed by atoms with van der Waals surface area (Å²) < 4.78 is 15.9. The molecule has 10 N–H and O–H groups in total. The Kier molecular flexibility index (Phi) is 17.0. The van der Waals surface area contributed by atoms with Crippen LogP contribution in [-0.2, 0) is 13.1 Å². The van der Waals surface area contributed by atoms with Gasteiger partial charge in [0.15, 0.2) is 0 Å². The third kappa shape index (κ3) is 12.1. The molecular weight excluding hydrogens is 775 g/mol. The second-order valence-corrected chi connectivity index (χ2v) is 13.8. The highest BCUT2D eigenvalue weighted by atomic mass is 32.2. The topological polar surface area (TPSA) is 261 Å². The lowest BCUT2D eigenvalue weighted by atomic mass is 10.1. The molecular formula is C40H53N13O5S. The summed E-state index contributed by atoms with van der Waals surface area (Å²) in [6.07, 6.45) is 12.9. The van der Waals surface area contributed by atoms with E-state index in [2.05, 4.69) is 32.4 Å². The molecule has 0 aliphatic carbocycles. The van der Waals surface area contributed by atoms with Gasteiger partial charge in [-0.15, -0.1) is 0 Å². The van der Waals surface area contributed by atoms with E-state index in [1.54, 1.807) is 66.0 Å². The van der Waals surface area contributed by atoms with E-state index >= 15 is 0 Å². The molecule has 0 fully saturated rings. The van der Waals surface area contributed by atoms with E-state index in [1.807, 2.05) is 41.7 Å². The number of ether oxygens (including phenoxy) is 2. The van der Waals surface area contributed by atoms with Crippen LogP contribution in [0.4, 0.5) is 17.3 Å². The van der Waals surface area contributed by atoms with E-state index in [-0.39, 0.29) is 36.9 Å². The number of carbonyl (C=O) groups excluding carboxylic acids is 3. The number of rotatable bonds is 24. The second-order valence-electron chi connectivity index (χ2n) is 12.8. The molecule has 3 amide bonds. The average molecular weight is 828 g/mol. The quantitative estimate of drug-likeness (QED) is 0.0257. The number of aromatic nitrogens is 4. The van der Waals surface area contributed by atoms with E-state index in [4.69, 9.17) is 37.4 Å². The summed E-state index contributed by atoms with van der Waals surface area (Å²) in [4.78, 5) is 53.1. The molecule has 4 rings (SSSR count). The molecule has 59 heavy (non-hydrogen) atoms. The van der Waals surface area contributed by atoms with Crippen LogP contribution in [0.15, 0.2) is 76.5 Å². The van der Waals surface area contributed by atoms with E-state index in [0.29, 0.717) is 77.5 Å². The highest BCUT2D eigenvalue weighted by Crippen LogP contribution is 2.40. The maximum absolute atomic E-state index is 13.5. The van der Waals surface area contributed by atoms with Crippen LogP contribution in [0.1, 0.15) is 50.2 Å². The Bertz CT molecular complexity index is 2240. The highest BCUT2D eigenvalue weighted by molar-refractivity contribution is 7.98. The first kappa shape index (κ1) is 44.9. The standard InChI is InChI=1S/C40H53N13O5S/c1-6-53-32(18-26(2)50-53)39(56)48-25-51(35-30(45-3)19-27(37(43)54)21-33(35)58-16-11-17-59-5)13-8-9-14-52-36-31(49-40(52)46-4)20-28(38(44)55)22-34(36)57-15-10-7-12-47-24-29(42)23-41/h7-10,18-24H,3,6,11-17,25,41-42H2,1-2,4-5H3,(H2,43,54)(H2,44,55)(H,46,49)(H,48,56)/b9-8+,10-7+,29-23+,47-24?. The third-order valence-electron chi connectivity index (χ3n) is 8.68. The van der Waals surface area contributed by atoms with E-state index < -0.39 is 11.8 Å². The Balaban J connectivity index is 1.69. The van der Waals surface area contributed by atoms with Crippen LogP contribution in [0.2, 0.25) is 0 Å². The minimum atomic E-state index is -0.649. The number of nitrogens with two attached hydrogens (primary N) is 4. The first-order valence-corrected chi connectivity index (χ1v) is 20.1. The number of nitrogens with zero attached hydrogens (tertiary/aromatic N) is 7. The van der Waals surface area contributed by atoms with Crippen molar-refractivity contribution in [2.45, 2.75) is 33.4 Å². The number of fused-ring (bicyclic) bond motifs is 1. The Labute approximate surface area is 347 Å². The van der Waals surface area contributed by atoms with Crippen LogP contribution < -0.4 is 47.9 Å². The lowest BCUT2D eigenvalue weighted by Gasteiger charge is -2.28. The molecule has 2 aromatic carbocycles. The average Bonchev–Trinajstić information content (AvgIpc) is 3.80. The van der Waals surface area contributed by atoms with Crippen LogP contribution in [-0.4, -0.2) is 102 Å². The summed E-state index contributed by atoms with van der Waals surface area (Å²) in [6.45, 7) is 9.50. The van der Waals surface area contributed by atoms with Crippen molar-refractivity contribution < 1.29 is 23.9 Å². The zero-order valence-electron chi connectivity index (χ0n) is 33.8. The van der Waals surface area contributed by atoms with Gasteiger partial charge in [-0.1, -0.05) is 18.2 Å². The smallest absolute Gasteiger partial charge is 0.270 e. The molecule has 0 saturated heterocycles. The highest BCUT2D eigenvalue weighted by Gasteiger charge is 2.22. The van der Waals surface area contributed by atoms with Gasteiger partial charge in [0.1, 0.15) is 35.0 Å². The molecule has 0 bridgehead atoms. The lowest BCUT2D eigenvalue weighted by Crippen LogP contribution is -2.39. The van der Waals surface area contributed by atoms with Crippen molar-refractivity contribution in [3.63, 3.8) is 0 Å². The van der Waals surface area contributed by atoms with Crippen LogP contribution in [0, 0.1) is 6.92 Å². The summed E-state index contributed by atoms with van der Waals surface area (Å²) in [7, 11) is 1.74. The van der Waals surface area contributed by atoms with Gasteiger partial charge < -0.3 is 52.5 Å². The number of carbonyl (C=O) groups is 3. The Morgan fingerprint density at radius 3 is 2.44 bits per heavy atom. The molecule has 0 radical (unpaired) electrons. The number of aryl methyl sites for hydroxylation is 2. The van der Waals surface area contributed by atoms with E-state index in [0.717, 1.165) is 17.9 Å². The molecule has 2 heterocycles. The fourth-order valence-electron chi connectivity index (χ4n) is 5.91. The van der Waals surface area contributed by atoms with Crippen molar-refractivity contribution in [2.24, 2.45) is 32.9 Å². The van der Waals surface area contributed by atoms with Crippen molar-refractivity contribution in [1.82, 2.24) is 24.6 Å². The Morgan fingerprint density at radius 1 is 1.02 bits per heavy atom. The fraction of sp³-hybridized carbons (Fsp3) is 0.325. The maximum atomic E-state index is 13.5. The number of hydrogen-bond donors (Lipinski definition) is 6. The van der Waals surface area contributed by atoms with Gasteiger partial charge in [0, 0.05) is 50.2 Å². The molecule has 2 aromatic heterocycles. The number of thioether (sulfide) groups is 1. The first-order valence-electron chi connectivity index (χ1n) is 18.7. The molecule has 0 spiro atoms. The van der Waals surface area contributed by atoms with Crippen molar-refractivity contribution >= 4 is 70.8 Å². The van der Waals surface area contributed by atoms with Gasteiger partial charge in [-0.2, -0.15) is 16.9 Å². The minimum Gasteiger partial charge on any atom is -0.491 e. The van der Waals surface area contributed by atoms with Crippen LogP contribution >= 0.6 is 11.8 Å².